The smallest absolute Gasteiger partial charge is 0.416 e. The highest BCUT2D eigenvalue weighted by molar-refractivity contribution is 7.21. The van der Waals surface area contributed by atoms with Crippen molar-refractivity contribution in [3.8, 4) is 10.8 Å². The van der Waals surface area contributed by atoms with E-state index in [-0.39, 0.29) is 18.9 Å². The molecule has 0 atom stereocenters. The summed E-state index contributed by atoms with van der Waals surface area (Å²) in [7, 11) is 0. The van der Waals surface area contributed by atoms with Crippen molar-refractivity contribution in [2.45, 2.75) is 0 Å². The second-order valence-electron chi connectivity index (χ2n) is 5.39. The molecule has 9 heteroatoms. The van der Waals surface area contributed by atoms with Crippen LogP contribution in [0.25, 0.3) is 21.0 Å². The van der Waals surface area contributed by atoms with Gasteiger partial charge in [0.15, 0.2) is 17.4 Å². The van der Waals surface area contributed by atoms with E-state index in [4.69, 9.17) is 9.15 Å². The molecule has 8 nitrogen and oxygen atoms in total. The van der Waals surface area contributed by atoms with E-state index in [0.717, 1.165) is 15.1 Å². The van der Waals surface area contributed by atoms with Crippen LogP contribution in [0.4, 0.5) is 4.79 Å². The first-order valence-electron chi connectivity index (χ1n) is 7.72. The van der Waals surface area contributed by atoms with Gasteiger partial charge in [0.25, 0.3) is 5.91 Å². The van der Waals surface area contributed by atoms with Crippen LogP contribution in [-0.2, 0) is 14.3 Å². The summed E-state index contributed by atoms with van der Waals surface area (Å²) in [5.74, 6) is -1.04. The van der Waals surface area contributed by atoms with Gasteiger partial charge in [0, 0.05) is 0 Å². The Balaban J connectivity index is 1.43. The maximum Gasteiger partial charge on any atom is 0.416 e. The third-order valence-corrected chi connectivity index (χ3v) is 4.75. The molecule has 3 aromatic rings. The number of esters is 1. The zero-order chi connectivity index (χ0) is 18.1. The molecule has 2 aromatic heterocycles. The molecule has 26 heavy (non-hydrogen) atoms. The number of fused-ring (bicyclic) bond motifs is 1. The van der Waals surface area contributed by atoms with Gasteiger partial charge in [0.05, 0.1) is 16.8 Å². The summed E-state index contributed by atoms with van der Waals surface area (Å²) in [6.07, 6.45) is -0.734. The van der Waals surface area contributed by atoms with Crippen LogP contribution < -0.4 is 0 Å². The van der Waals surface area contributed by atoms with Crippen LogP contribution in [0.1, 0.15) is 10.6 Å². The van der Waals surface area contributed by atoms with Crippen molar-refractivity contribution in [2.24, 2.45) is 0 Å². The van der Waals surface area contributed by atoms with Gasteiger partial charge in [-0.2, -0.15) is 0 Å². The molecule has 0 N–H and O–H groups in total. The summed E-state index contributed by atoms with van der Waals surface area (Å²) in [6.45, 7) is -0.273. The number of furan rings is 1. The average Bonchev–Trinajstić information content (AvgIpc) is 3.37. The SMILES string of the molecule is O=C(OCC(=O)N1CCOC1=O)c1ccc(-c2nc3ccccc3s2)o1. The minimum absolute atomic E-state index is 0.0453. The second kappa shape index (κ2) is 6.60. The number of cyclic esters (lactones) is 1. The van der Waals surface area contributed by atoms with Crippen LogP contribution in [0.5, 0.6) is 0 Å². The van der Waals surface area contributed by atoms with Crippen molar-refractivity contribution in [2.75, 3.05) is 19.8 Å². The minimum atomic E-state index is -0.793. The quantitative estimate of drug-likeness (QED) is 0.649. The third-order valence-electron chi connectivity index (χ3n) is 3.70. The monoisotopic (exact) mass is 372 g/mol. The number of para-hydroxylation sites is 1. The van der Waals surface area contributed by atoms with Gasteiger partial charge in [-0.3, -0.25) is 4.79 Å². The number of benzene rings is 1. The first-order chi connectivity index (χ1) is 12.6. The molecule has 0 saturated carbocycles. The van der Waals surface area contributed by atoms with Gasteiger partial charge >= 0.3 is 12.1 Å². The number of thiazole rings is 1. The highest BCUT2D eigenvalue weighted by Gasteiger charge is 2.29. The van der Waals surface area contributed by atoms with Crippen molar-refractivity contribution < 1.29 is 28.3 Å². The molecule has 4 rings (SSSR count). The van der Waals surface area contributed by atoms with Crippen LogP contribution in [0.15, 0.2) is 40.8 Å². The highest BCUT2D eigenvalue weighted by Crippen LogP contribution is 2.31. The summed E-state index contributed by atoms with van der Waals surface area (Å²) >= 11 is 1.44. The summed E-state index contributed by atoms with van der Waals surface area (Å²) in [4.78, 5) is 40.5. The van der Waals surface area contributed by atoms with Crippen molar-refractivity contribution in [3.63, 3.8) is 0 Å². The van der Waals surface area contributed by atoms with E-state index in [2.05, 4.69) is 9.72 Å². The molecule has 0 spiro atoms. The topological polar surface area (TPSA) is 98.9 Å². The van der Waals surface area contributed by atoms with Crippen LogP contribution in [0.2, 0.25) is 0 Å². The molecule has 1 aliphatic rings. The standard InChI is InChI=1S/C17H12N2O6S/c20-14(19-7-8-23-17(19)22)9-24-16(21)12-6-5-11(25-12)15-18-10-3-1-2-4-13(10)26-15/h1-6H,7-9H2. The zero-order valence-corrected chi connectivity index (χ0v) is 14.2. The number of carbonyl (C=O) groups is 3. The first kappa shape index (κ1) is 16.3. The molecule has 3 heterocycles. The fourth-order valence-corrected chi connectivity index (χ4v) is 3.36. The lowest BCUT2D eigenvalue weighted by atomic mass is 10.3. The zero-order valence-electron chi connectivity index (χ0n) is 13.3. The summed E-state index contributed by atoms with van der Waals surface area (Å²) < 4.78 is 16.1. The van der Waals surface area contributed by atoms with E-state index in [1.165, 1.54) is 17.4 Å². The molecule has 1 aliphatic heterocycles. The molecule has 0 unspecified atom stereocenters. The Morgan fingerprint density at radius 3 is 2.85 bits per heavy atom. The lowest BCUT2D eigenvalue weighted by Crippen LogP contribution is -2.35. The molecule has 1 fully saturated rings. The molecule has 1 aromatic carbocycles. The second-order valence-corrected chi connectivity index (χ2v) is 6.42. The van der Waals surface area contributed by atoms with Crippen LogP contribution in [0.3, 0.4) is 0 Å². The maximum absolute atomic E-state index is 12.0. The lowest BCUT2D eigenvalue weighted by Gasteiger charge is -2.10. The largest absolute Gasteiger partial charge is 0.450 e. The van der Waals surface area contributed by atoms with Crippen LogP contribution >= 0.6 is 11.3 Å². The molecule has 0 radical (unpaired) electrons. The average molecular weight is 372 g/mol. The van der Waals surface area contributed by atoms with E-state index in [1.54, 1.807) is 6.07 Å². The van der Waals surface area contributed by atoms with Crippen molar-refractivity contribution in [1.29, 1.82) is 0 Å². The predicted molar refractivity (Wildman–Crippen MR) is 90.7 cm³/mol. The fourth-order valence-electron chi connectivity index (χ4n) is 2.44. The van der Waals surface area contributed by atoms with Gasteiger partial charge in [-0.25, -0.2) is 19.5 Å². The summed E-state index contributed by atoms with van der Waals surface area (Å²) in [5, 5.41) is 0.640. The Kier molecular flexibility index (Phi) is 4.13. The lowest BCUT2D eigenvalue weighted by molar-refractivity contribution is -0.131. The Bertz CT molecular complexity index is 975. The number of hydrogen-bond acceptors (Lipinski definition) is 8. The summed E-state index contributed by atoms with van der Waals surface area (Å²) in [5.41, 5.74) is 0.844. The third kappa shape index (κ3) is 3.04. The molecular weight excluding hydrogens is 360 g/mol. The molecule has 1 saturated heterocycles. The number of imide groups is 1. The van der Waals surface area contributed by atoms with E-state index >= 15 is 0 Å². The number of carbonyl (C=O) groups excluding carboxylic acids is 3. The van der Waals surface area contributed by atoms with E-state index in [9.17, 15) is 14.4 Å². The van der Waals surface area contributed by atoms with E-state index in [1.807, 2.05) is 24.3 Å². The number of amides is 2. The molecular formula is C17H12N2O6S. The van der Waals surface area contributed by atoms with E-state index in [0.29, 0.717) is 10.8 Å². The number of ether oxygens (including phenoxy) is 2. The predicted octanol–water partition coefficient (Wildman–Crippen LogP) is 2.69. The Morgan fingerprint density at radius 1 is 1.23 bits per heavy atom. The Morgan fingerprint density at radius 2 is 2.08 bits per heavy atom. The summed E-state index contributed by atoms with van der Waals surface area (Å²) in [6, 6.07) is 10.7. The van der Waals surface area contributed by atoms with Crippen LogP contribution in [0, 0.1) is 0 Å². The van der Waals surface area contributed by atoms with Gasteiger partial charge < -0.3 is 13.9 Å². The molecule has 2 amide bonds. The van der Waals surface area contributed by atoms with Gasteiger partial charge in [0.1, 0.15) is 6.61 Å². The minimum Gasteiger partial charge on any atom is -0.450 e. The number of rotatable bonds is 4. The van der Waals surface area contributed by atoms with Gasteiger partial charge in [0.2, 0.25) is 5.76 Å². The molecule has 0 aliphatic carbocycles. The normalized spacial score (nSPS) is 13.8. The van der Waals surface area contributed by atoms with Gasteiger partial charge in [-0.15, -0.1) is 11.3 Å². The first-order valence-corrected chi connectivity index (χ1v) is 8.53. The van der Waals surface area contributed by atoms with Crippen LogP contribution in [-0.4, -0.2) is 47.6 Å². The molecule has 132 valence electrons. The van der Waals surface area contributed by atoms with Gasteiger partial charge in [-0.1, -0.05) is 12.1 Å². The number of aromatic nitrogens is 1. The van der Waals surface area contributed by atoms with Crippen molar-refractivity contribution in [1.82, 2.24) is 9.88 Å². The fraction of sp³-hybridized carbons (Fsp3) is 0.176. The number of hydrogen-bond donors (Lipinski definition) is 0. The van der Waals surface area contributed by atoms with Crippen molar-refractivity contribution in [3.05, 3.63) is 42.2 Å². The van der Waals surface area contributed by atoms with Gasteiger partial charge in [-0.05, 0) is 24.3 Å². The Hall–Kier alpha value is -3.20. The maximum atomic E-state index is 12.0. The number of nitrogens with zero attached hydrogens (tertiary/aromatic N) is 2. The Labute approximate surface area is 150 Å². The van der Waals surface area contributed by atoms with Crippen molar-refractivity contribution >= 4 is 39.5 Å². The highest BCUT2D eigenvalue weighted by atomic mass is 32.1. The van der Waals surface area contributed by atoms with E-state index < -0.39 is 24.6 Å². The molecule has 0 bridgehead atoms.